The molecule has 1 unspecified atom stereocenters. The zero-order chi connectivity index (χ0) is 10.7. The van der Waals surface area contributed by atoms with Crippen molar-refractivity contribution in [2.24, 2.45) is 0 Å². The second-order valence-corrected chi connectivity index (χ2v) is 3.26. The average molecular weight is 220 g/mol. The number of hydrogen-bond donors (Lipinski definition) is 2. The minimum absolute atomic E-state index is 0.0143. The number of nitrogens with one attached hydrogen (secondary N) is 1. The number of rotatable bonds is 2. The lowest BCUT2D eigenvalue weighted by atomic mass is 10.1. The van der Waals surface area contributed by atoms with Gasteiger partial charge < -0.3 is 15.3 Å². The Balaban J connectivity index is 3.11. The molecule has 1 atom stereocenters. The number of hydrogen-bond acceptors (Lipinski definition) is 3. The molecule has 1 rings (SSSR count). The summed E-state index contributed by atoms with van der Waals surface area (Å²) in [5.74, 6) is -0.611. The molecule has 78 valence electrons. The van der Waals surface area contributed by atoms with Crippen molar-refractivity contribution in [1.82, 2.24) is 0 Å². The molecule has 1 aliphatic rings. The highest BCUT2D eigenvalue weighted by molar-refractivity contribution is 6.34. The Hall–Kier alpha value is -0.710. The fraction of sp³-hybridized carbons (Fsp3) is 0.444. The Morgan fingerprint density at radius 1 is 1.71 bits per heavy atom. The molecule has 0 aliphatic heterocycles. The molecule has 0 bridgehead atoms. The van der Waals surface area contributed by atoms with Gasteiger partial charge in [0.25, 0.3) is 0 Å². The summed E-state index contributed by atoms with van der Waals surface area (Å²) in [6.07, 6.45) is 0.708. The Labute approximate surface area is 86.3 Å². The van der Waals surface area contributed by atoms with Gasteiger partial charge in [-0.25, -0.2) is 4.39 Å². The van der Waals surface area contributed by atoms with Crippen LogP contribution in [0.5, 0.6) is 0 Å². The normalized spacial score (nSPS) is 20.6. The van der Waals surface area contributed by atoms with E-state index in [0.717, 1.165) is 0 Å². The highest BCUT2D eigenvalue weighted by Crippen LogP contribution is 2.28. The van der Waals surface area contributed by atoms with Crippen LogP contribution >= 0.6 is 11.6 Å². The second kappa shape index (κ2) is 4.68. The third-order valence-electron chi connectivity index (χ3n) is 1.96. The van der Waals surface area contributed by atoms with Gasteiger partial charge in [0.2, 0.25) is 0 Å². The van der Waals surface area contributed by atoms with Gasteiger partial charge in [0.1, 0.15) is 5.83 Å². The van der Waals surface area contributed by atoms with Gasteiger partial charge in [0, 0.05) is 18.4 Å². The minimum atomic E-state index is -1.34. The van der Waals surface area contributed by atoms with Gasteiger partial charge in [-0.15, -0.1) is 0 Å². The smallest absolute Gasteiger partial charge is 0.184 e. The van der Waals surface area contributed by atoms with Crippen molar-refractivity contribution in [2.75, 3.05) is 7.11 Å². The third-order valence-corrected chi connectivity index (χ3v) is 2.34. The van der Waals surface area contributed by atoms with Crippen LogP contribution in [-0.4, -0.2) is 24.2 Å². The summed E-state index contributed by atoms with van der Waals surface area (Å²) in [5, 5.41) is 16.7. The summed E-state index contributed by atoms with van der Waals surface area (Å²) >= 11 is 5.66. The molecule has 3 nitrogen and oxygen atoms in total. The van der Waals surface area contributed by atoms with E-state index in [4.69, 9.17) is 17.0 Å². The van der Waals surface area contributed by atoms with Crippen LogP contribution in [0.4, 0.5) is 4.39 Å². The first-order valence-electron chi connectivity index (χ1n) is 4.12. The van der Waals surface area contributed by atoms with E-state index in [9.17, 15) is 9.50 Å². The van der Waals surface area contributed by atoms with E-state index in [2.05, 4.69) is 4.74 Å². The number of methoxy groups -OCH3 is 1. The molecule has 0 amide bonds. The lowest BCUT2D eigenvalue weighted by Gasteiger charge is -2.14. The van der Waals surface area contributed by atoms with E-state index in [0.29, 0.717) is 12.8 Å². The first kappa shape index (κ1) is 11.4. The molecule has 0 aromatic rings. The van der Waals surface area contributed by atoms with Gasteiger partial charge in [-0.05, 0) is 18.9 Å². The average Bonchev–Trinajstić information content (AvgIpc) is 2.27. The standard InChI is InChI=1S/C9H11ClFNO2/c1-14-9(13)7-6(12)4-2-3-5(11)8(7)10/h3,9,12-13H,2,4H2,1H3. The predicted molar refractivity (Wildman–Crippen MR) is 52.0 cm³/mol. The van der Waals surface area contributed by atoms with Crippen molar-refractivity contribution in [3.8, 4) is 0 Å². The molecular weight excluding hydrogens is 209 g/mol. The molecule has 0 fully saturated rings. The van der Waals surface area contributed by atoms with Crippen LogP contribution in [0, 0.1) is 5.41 Å². The molecule has 0 aromatic carbocycles. The fourth-order valence-corrected chi connectivity index (χ4v) is 1.49. The van der Waals surface area contributed by atoms with Gasteiger partial charge in [-0.2, -0.15) is 0 Å². The zero-order valence-corrected chi connectivity index (χ0v) is 8.44. The number of aliphatic hydroxyl groups excluding tert-OH is 1. The van der Waals surface area contributed by atoms with Crippen LogP contribution in [0.15, 0.2) is 22.5 Å². The topological polar surface area (TPSA) is 53.3 Å². The molecular formula is C9H11ClFNO2. The summed E-state index contributed by atoms with van der Waals surface area (Å²) in [6.45, 7) is 0. The fourth-order valence-electron chi connectivity index (χ4n) is 1.20. The van der Waals surface area contributed by atoms with E-state index in [-0.39, 0.29) is 16.3 Å². The largest absolute Gasteiger partial charge is 0.364 e. The van der Waals surface area contributed by atoms with E-state index in [1.54, 1.807) is 0 Å². The lowest BCUT2D eigenvalue weighted by Crippen LogP contribution is -2.20. The Bertz CT molecular complexity index is 312. The summed E-state index contributed by atoms with van der Waals surface area (Å²) < 4.78 is 17.8. The van der Waals surface area contributed by atoms with Crippen molar-refractivity contribution >= 4 is 17.3 Å². The highest BCUT2D eigenvalue weighted by atomic mass is 35.5. The maximum absolute atomic E-state index is 13.2. The van der Waals surface area contributed by atoms with Crippen molar-refractivity contribution in [1.29, 1.82) is 5.41 Å². The van der Waals surface area contributed by atoms with E-state index < -0.39 is 12.1 Å². The Morgan fingerprint density at radius 2 is 2.36 bits per heavy atom. The molecule has 0 heterocycles. The Kier molecular flexibility index (Phi) is 3.80. The molecule has 0 radical (unpaired) electrons. The predicted octanol–water partition coefficient (Wildman–Crippen LogP) is 2.11. The molecule has 14 heavy (non-hydrogen) atoms. The van der Waals surface area contributed by atoms with Crippen LogP contribution in [-0.2, 0) is 4.74 Å². The zero-order valence-electron chi connectivity index (χ0n) is 7.68. The van der Waals surface area contributed by atoms with Gasteiger partial charge in [0.05, 0.1) is 5.03 Å². The van der Waals surface area contributed by atoms with Crippen LogP contribution in [0.1, 0.15) is 12.8 Å². The van der Waals surface area contributed by atoms with Crippen molar-refractivity contribution < 1.29 is 14.2 Å². The van der Waals surface area contributed by atoms with Crippen LogP contribution in [0.3, 0.4) is 0 Å². The number of halogens is 2. The van der Waals surface area contributed by atoms with Crippen molar-refractivity contribution in [3.63, 3.8) is 0 Å². The number of aliphatic hydroxyl groups is 1. The maximum atomic E-state index is 13.2. The van der Waals surface area contributed by atoms with E-state index in [1.807, 2.05) is 0 Å². The molecule has 0 saturated carbocycles. The van der Waals surface area contributed by atoms with Crippen LogP contribution in [0.25, 0.3) is 0 Å². The molecule has 1 aliphatic carbocycles. The molecule has 0 spiro atoms. The van der Waals surface area contributed by atoms with Gasteiger partial charge in [-0.3, -0.25) is 0 Å². The summed E-state index contributed by atoms with van der Waals surface area (Å²) in [6, 6.07) is 0. The first-order chi connectivity index (χ1) is 6.57. The quantitative estimate of drug-likeness (QED) is 0.699. The van der Waals surface area contributed by atoms with Crippen molar-refractivity contribution in [3.05, 3.63) is 22.5 Å². The molecule has 0 aromatic heterocycles. The van der Waals surface area contributed by atoms with Crippen LogP contribution < -0.4 is 0 Å². The SMILES string of the molecule is COC(O)C1=C(Cl)C(F)=CCCC1=N. The summed E-state index contributed by atoms with van der Waals surface area (Å²) in [4.78, 5) is 0. The number of ether oxygens (including phenoxy) is 1. The van der Waals surface area contributed by atoms with E-state index >= 15 is 0 Å². The van der Waals surface area contributed by atoms with Gasteiger partial charge >= 0.3 is 0 Å². The molecule has 5 heteroatoms. The summed E-state index contributed by atoms with van der Waals surface area (Å²) in [7, 11) is 1.27. The maximum Gasteiger partial charge on any atom is 0.184 e. The summed E-state index contributed by atoms with van der Waals surface area (Å²) in [5.41, 5.74) is 0.119. The number of allylic oxidation sites excluding steroid dienone is 3. The van der Waals surface area contributed by atoms with E-state index in [1.165, 1.54) is 13.2 Å². The first-order valence-corrected chi connectivity index (χ1v) is 4.50. The Morgan fingerprint density at radius 3 is 2.93 bits per heavy atom. The van der Waals surface area contributed by atoms with Gasteiger partial charge in [-0.1, -0.05) is 11.6 Å². The van der Waals surface area contributed by atoms with Gasteiger partial charge in [0.15, 0.2) is 6.29 Å². The van der Waals surface area contributed by atoms with Crippen LogP contribution in [0.2, 0.25) is 0 Å². The van der Waals surface area contributed by atoms with Crippen molar-refractivity contribution in [2.45, 2.75) is 19.1 Å². The molecule has 0 saturated heterocycles. The molecule has 2 N–H and O–H groups in total. The monoisotopic (exact) mass is 219 g/mol. The second-order valence-electron chi connectivity index (χ2n) is 2.89. The third kappa shape index (κ3) is 2.20. The highest BCUT2D eigenvalue weighted by Gasteiger charge is 2.23. The minimum Gasteiger partial charge on any atom is -0.364 e. The lowest BCUT2D eigenvalue weighted by molar-refractivity contribution is -0.0408.